The van der Waals surface area contributed by atoms with Gasteiger partial charge in [-0.05, 0) is 0 Å². The second-order valence-electron chi connectivity index (χ2n) is 3.12. The van der Waals surface area contributed by atoms with Gasteiger partial charge in [0.15, 0.2) is 0 Å². The first-order valence-corrected chi connectivity index (χ1v) is 4.88. The van der Waals surface area contributed by atoms with Crippen molar-refractivity contribution in [3.05, 3.63) is 34.4 Å². The molecule has 9 heteroatoms. The number of rotatable bonds is 2. The third-order valence-electron chi connectivity index (χ3n) is 1.95. The van der Waals surface area contributed by atoms with Gasteiger partial charge in [0.05, 0.1) is 23.6 Å². The molecule has 1 aromatic rings. The highest BCUT2D eigenvalue weighted by molar-refractivity contribution is 6.60. The van der Waals surface area contributed by atoms with Gasteiger partial charge in [-0.2, -0.15) is 0 Å². The van der Waals surface area contributed by atoms with Gasteiger partial charge >= 0.3 is 14.8 Å². The molecule has 0 bridgehead atoms. The molecule has 0 saturated carbocycles. The van der Waals surface area contributed by atoms with Gasteiger partial charge in [-0.1, -0.05) is 18.2 Å². The lowest BCUT2D eigenvalue weighted by atomic mass is 9.79. The van der Waals surface area contributed by atoms with Gasteiger partial charge in [0.25, 0.3) is 5.69 Å². The van der Waals surface area contributed by atoms with Gasteiger partial charge in [-0.3, -0.25) is 10.1 Å². The zero-order valence-electron chi connectivity index (χ0n) is 8.98. The molecule has 0 radical (unpaired) electrons. The summed E-state index contributed by atoms with van der Waals surface area (Å²) in [5.74, 6) is 0. The summed E-state index contributed by atoms with van der Waals surface area (Å²) >= 11 is 0. The van der Waals surface area contributed by atoms with Crippen molar-refractivity contribution in [1.82, 2.24) is 0 Å². The van der Waals surface area contributed by atoms with Crippen molar-refractivity contribution in [1.29, 1.82) is 0 Å². The molecule has 1 aromatic carbocycles. The molecule has 7 nitrogen and oxygen atoms in total. The van der Waals surface area contributed by atoms with Crippen LogP contribution in [-0.4, -0.2) is 43.0 Å². The monoisotopic (exact) mass is 239 g/mol. The van der Waals surface area contributed by atoms with E-state index in [1.165, 1.54) is 24.3 Å². The molecule has 0 aliphatic carbocycles. The van der Waals surface area contributed by atoms with Gasteiger partial charge in [-0.15, -0.1) is 0 Å². The Morgan fingerprint density at radius 3 is 2.24 bits per heavy atom. The van der Waals surface area contributed by atoms with Crippen molar-refractivity contribution in [3.63, 3.8) is 0 Å². The van der Waals surface area contributed by atoms with E-state index in [9.17, 15) is 10.1 Å². The van der Waals surface area contributed by atoms with Crippen LogP contribution in [0.3, 0.4) is 0 Å². The lowest BCUT2D eigenvalue weighted by molar-refractivity contribution is -0.383. The van der Waals surface area contributed by atoms with Gasteiger partial charge in [-0.25, -0.2) is 0 Å². The minimum absolute atomic E-state index is 0.0949. The zero-order valence-corrected chi connectivity index (χ0v) is 8.98. The molecule has 1 aliphatic heterocycles. The van der Waals surface area contributed by atoms with E-state index >= 15 is 0 Å². The standard InChI is InChI=1S/C6H6BNO4.C2H5BO2/c9-7(10)5-3-1-2-4-6(5)8(11)12;1-2-5-3-4-1/h1-4,9-10H;3H,1-2H2. The Morgan fingerprint density at radius 1 is 1.29 bits per heavy atom. The highest BCUT2D eigenvalue weighted by Crippen LogP contribution is 2.06. The second kappa shape index (κ2) is 7.02. The Labute approximate surface area is 98.6 Å². The van der Waals surface area contributed by atoms with Crippen molar-refractivity contribution in [3.8, 4) is 0 Å². The van der Waals surface area contributed by atoms with E-state index in [-0.39, 0.29) is 11.2 Å². The maximum atomic E-state index is 10.3. The normalized spacial score (nSPS) is 13.3. The fourth-order valence-electron chi connectivity index (χ4n) is 1.17. The molecule has 1 aliphatic rings. The predicted molar refractivity (Wildman–Crippen MR) is 62.0 cm³/mol. The minimum atomic E-state index is -1.80. The number of hydrogen-bond donors (Lipinski definition) is 2. The average Bonchev–Trinajstić information content (AvgIpc) is 2.87. The van der Waals surface area contributed by atoms with Crippen molar-refractivity contribution in [2.75, 3.05) is 13.2 Å². The fourth-order valence-corrected chi connectivity index (χ4v) is 1.17. The number of nitrogens with zero attached hydrogens (tertiary/aromatic N) is 1. The van der Waals surface area contributed by atoms with Crippen LogP contribution in [-0.2, 0) is 9.31 Å². The first kappa shape index (κ1) is 13.7. The zero-order chi connectivity index (χ0) is 12.7. The summed E-state index contributed by atoms with van der Waals surface area (Å²) in [7, 11) is -1.30. The van der Waals surface area contributed by atoms with Gasteiger partial charge in [0, 0.05) is 6.07 Å². The van der Waals surface area contributed by atoms with E-state index in [0.717, 1.165) is 13.2 Å². The summed E-state index contributed by atoms with van der Waals surface area (Å²) in [6.45, 7) is 1.56. The lowest BCUT2D eigenvalue weighted by Gasteiger charge is -1.99. The van der Waals surface area contributed by atoms with Crippen molar-refractivity contribution in [2.45, 2.75) is 0 Å². The molecule has 0 aromatic heterocycles. The lowest BCUT2D eigenvalue weighted by Crippen LogP contribution is -2.31. The SMILES string of the molecule is B1OCCO1.O=[N+]([O-])c1ccccc1B(O)O. The number of nitro benzene ring substituents is 1. The first-order valence-electron chi connectivity index (χ1n) is 4.88. The van der Waals surface area contributed by atoms with Crippen LogP contribution >= 0.6 is 0 Å². The summed E-state index contributed by atoms with van der Waals surface area (Å²) < 4.78 is 9.44. The largest absolute Gasteiger partial charge is 0.495 e. The summed E-state index contributed by atoms with van der Waals surface area (Å²) in [5.41, 5.74) is -0.380. The Bertz CT molecular complexity index is 363. The van der Waals surface area contributed by atoms with Crippen molar-refractivity contribution >= 4 is 26.0 Å². The molecule has 0 unspecified atom stereocenters. The third kappa shape index (κ3) is 4.53. The number of hydrogen-bond acceptors (Lipinski definition) is 6. The van der Waals surface area contributed by atoms with E-state index in [2.05, 4.69) is 0 Å². The molecule has 1 fully saturated rings. The van der Waals surface area contributed by atoms with E-state index in [0.29, 0.717) is 7.69 Å². The van der Waals surface area contributed by atoms with Crippen LogP contribution in [0.25, 0.3) is 0 Å². The highest BCUT2D eigenvalue weighted by Gasteiger charge is 2.22. The molecular formula is C8H11B2NO6. The van der Waals surface area contributed by atoms with Crippen molar-refractivity contribution < 1.29 is 24.3 Å². The molecule has 2 N–H and O–H groups in total. The van der Waals surface area contributed by atoms with Gasteiger partial charge in [0.1, 0.15) is 0 Å². The Morgan fingerprint density at radius 2 is 1.88 bits per heavy atom. The van der Waals surface area contributed by atoms with Gasteiger partial charge < -0.3 is 19.4 Å². The molecule has 0 amide bonds. The van der Waals surface area contributed by atoms with E-state index in [4.69, 9.17) is 19.4 Å². The number of para-hydroxylation sites is 1. The molecule has 17 heavy (non-hydrogen) atoms. The molecule has 0 atom stereocenters. The average molecular weight is 239 g/mol. The number of benzene rings is 1. The fraction of sp³-hybridized carbons (Fsp3) is 0.250. The van der Waals surface area contributed by atoms with E-state index < -0.39 is 12.0 Å². The van der Waals surface area contributed by atoms with Crippen LogP contribution in [0.4, 0.5) is 5.69 Å². The Kier molecular flexibility index (Phi) is 5.64. The summed E-state index contributed by atoms with van der Waals surface area (Å²) in [4.78, 5) is 9.65. The maximum absolute atomic E-state index is 10.3. The third-order valence-corrected chi connectivity index (χ3v) is 1.95. The Hall–Kier alpha value is -1.41. The Balaban J connectivity index is 0.000000239. The molecule has 0 spiro atoms. The topological polar surface area (TPSA) is 102 Å². The van der Waals surface area contributed by atoms with Crippen LogP contribution in [0.5, 0.6) is 0 Å². The second-order valence-corrected chi connectivity index (χ2v) is 3.12. The predicted octanol–water partition coefficient (Wildman–Crippen LogP) is -1.43. The minimum Gasteiger partial charge on any atom is -0.423 e. The first-order chi connectivity index (χ1) is 8.13. The quantitative estimate of drug-likeness (QED) is 0.372. The molecule has 1 saturated heterocycles. The molecular weight excluding hydrogens is 228 g/mol. The number of nitro groups is 1. The van der Waals surface area contributed by atoms with Crippen LogP contribution in [0, 0.1) is 10.1 Å². The van der Waals surface area contributed by atoms with Crippen LogP contribution in [0.2, 0.25) is 0 Å². The van der Waals surface area contributed by atoms with E-state index in [1.54, 1.807) is 0 Å². The highest BCUT2D eigenvalue weighted by atomic mass is 16.6. The summed E-state index contributed by atoms with van der Waals surface area (Å²) in [6.07, 6.45) is 0. The van der Waals surface area contributed by atoms with Crippen molar-refractivity contribution in [2.24, 2.45) is 0 Å². The van der Waals surface area contributed by atoms with Crippen LogP contribution in [0.15, 0.2) is 24.3 Å². The molecule has 1 heterocycles. The summed E-state index contributed by atoms with van der Waals surface area (Å²) in [5, 5.41) is 27.7. The molecule has 2 rings (SSSR count). The smallest absolute Gasteiger partial charge is 0.423 e. The van der Waals surface area contributed by atoms with Crippen LogP contribution in [0.1, 0.15) is 0 Å². The summed E-state index contributed by atoms with van der Waals surface area (Å²) in [6, 6.07) is 5.48. The molecule has 90 valence electrons. The van der Waals surface area contributed by atoms with Gasteiger partial charge in [0.2, 0.25) is 0 Å². The van der Waals surface area contributed by atoms with Crippen LogP contribution < -0.4 is 5.46 Å². The maximum Gasteiger partial charge on any atom is 0.495 e. The van der Waals surface area contributed by atoms with E-state index in [1.807, 2.05) is 0 Å².